The Morgan fingerprint density at radius 3 is 2.49 bits per heavy atom. The molecule has 37 heavy (non-hydrogen) atoms. The van der Waals surface area contributed by atoms with Gasteiger partial charge in [0.1, 0.15) is 17.1 Å². The van der Waals surface area contributed by atoms with Crippen LogP contribution in [0.3, 0.4) is 0 Å². The molecule has 2 aromatic heterocycles. The zero-order chi connectivity index (χ0) is 25.7. The van der Waals surface area contributed by atoms with Gasteiger partial charge in [0.05, 0.1) is 15.6 Å². The van der Waals surface area contributed by atoms with Crippen molar-refractivity contribution in [3.8, 4) is 11.3 Å². The van der Waals surface area contributed by atoms with E-state index >= 15 is 0 Å². The Balaban J connectivity index is 1.20. The Kier molecular flexibility index (Phi) is 6.25. The SMILES string of the molecule is Cn1c(C(=O)O)cc2ccc(N3CCC(/C=C/c4c(-c5c(Cl)cccc5Cl)noc4C4CC4)CC3)cc21. The van der Waals surface area contributed by atoms with Crippen molar-refractivity contribution < 1.29 is 14.4 Å². The average Bonchev–Trinajstić information content (AvgIpc) is 3.57. The van der Waals surface area contributed by atoms with Crippen molar-refractivity contribution in [1.82, 2.24) is 9.72 Å². The van der Waals surface area contributed by atoms with Gasteiger partial charge in [-0.25, -0.2) is 4.79 Å². The summed E-state index contributed by atoms with van der Waals surface area (Å²) in [5.74, 6) is 0.866. The molecule has 6 nitrogen and oxygen atoms in total. The standard InChI is InChI=1S/C29H27Cl2N3O3/c1-33-24-16-20(9-8-19(24)15-25(33)29(35)36)34-13-11-17(12-14-34)5-10-21-27(32-37-28(21)18-6-7-18)26-22(30)3-2-4-23(26)31/h2-5,8-10,15-18H,6-7,11-14H2,1H3,(H,35,36)/b10-5+. The van der Waals surface area contributed by atoms with E-state index in [2.05, 4.69) is 34.3 Å². The van der Waals surface area contributed by atoms with E-state index < -0.39 is 5.97 Å². The Morgan fingerprint density at radius 1 is 1.08 bits per heavy atom. The summed E-state index contributed by atoms with van der Waals surface area (Å²) < 4.78 is 7.54. The number of anilines is 1. The summed E-state index contributed by atoms with van der Waals surface area (Å²) >= 11 is 13.0. The van der Waals surface area contributed by atoms with Crippen LogP contribution in [0.25, 0.3) is 28.2 Å². The fraction of sp³-hybridized carbons (Fsp3) is 0.310. The van der Waals surface area contributed by atoms with Crippen molar-refractivity contribution in [2.45, 2.75) is 31.6 Å². The topological polar surface area (TPSA) is 71.5 Å². The van der Waals surface area contributed by atoms with Crippen molar-refractivity contribution in [3.63, 3.8) is 0 Å². The lowest BCUT2D eigenvalue weighted by Gasteiger charge is -2.32. The molecule has 0 radical (unpaired) electrons. The lowest BCUT2D eigenvalue weighted by molar-refractivity contribution is 0.0687. The van der Waals surface area contributed by atoms with Crippen LogP contribution < -0.4 is 4.90 Å². The first-order valence-electron chi connectivity index (χ1n) is 12.6. The summed E-state index contributed by atoms with van der Waals surface area (Å²) in [7, 11) is 1.80. The molecule has 1 N–H and O–H groups in total. The Bertz CT molecular complexity index is 1500. The maximum Gasteiger partial charge on any atom is 0.352 e. The van der Waals surface area contributed by atoms with Gasteiger partial charge in [-0.05, 0) is 61.9 Å². The van der Waals surface area contributed by atoms with Gasteiger partial charge in [0.25, 0.3) is 0 Å². The third-order valence-electron chi connectivity index (χ3n) is 7.59. The van der Waals surface area contributed by atoms with E-state index in [1.54, 1.807) is 17.7 Å². The minimum Gasteiger partial charge on any atom is -0.477 e. The maximum atomic E-state index is 11.5. The van der Waals surface area contributed by atoms with Crippen LogP contribution >= 0.6 is 23.2 Å². The molecule has 2 aliphatic rings. The van der Waals surface area contributed by atoms with E-state index in [-0.39, 0.29) is 0 Å². The highest BCUT2D eigenvalue weighted by Gasteiger charge is 2.32. The van der Waals surface area contributed by atoms with E-state index in [0.717, 1.165) is 72.3 Å². The fourth-order valence-corrected chi connectivity index (χ4v) is 5.89. The zero-order valence-electron chi connectivity index (χ0n) is 20.5. The second-order valence-corrected chi connectivity index (χ2v) is 10.8. The van der Waals surface area contributed by atoms with E-state index in [0.29, 0.717) is 33.3 Å². The first-order chi connectivity index (χ1) is 17.9. The minimum absolute atomic E-state index is 0.299. The third-order valence-corrected chi connectivity index (χ3v) is 8.22. The van der Waals surface area contributed by atoms with Gasteiger partial charge < -0.3 is 19.1 Å². The lowest BCUT2D eigenvalue weighted by atomic mass is 9.94. The normalized spacial score (nSPS) is 16.8. The molecule has 0 bridgehead atoms. The van der Waals surface area contributed by atoms with Gasteiger partial charge in [0.2, 0.25) is 0 Å². The number of aromatic carboxylic acids is 1. The quantitative estimate of drug-likeness (QED) is 0.274. The molecule has 1 saturated carbocycles. The second-order valence-electron chi connectivity index (χ2n) is 10.0. The third kappa shape index (κ3) is 4.53. The lowest BCUT2D eigenvalue weighted by Crippen LogP contribution is -2.33. The molecule has 190 valence electrons. The molecule has 8 heteroatoms. The molecule has 2 fully saturated rings. The van der Waals surface area contributed by atoms with Gasteiger partial charge in [-0.2, -0.15) is 0 Å². The first kappa shape index (κ1) is 24.1. The fourth-order valence-electron chi connectivity index (χ4n) is 5.32. The van der Waals surface area contributed by atoms with Gasteiger partial charge in [-0.15, -0.1) is 0 Å². The molecule has 0 unspecified atom stereocenters. The molecule has 1 saturated heterocycles. The maximum absolute atomic E-state index is 11.5. The molecule has 3 heterocycles. The molecule has 0 amide bonds. The van der Waals surface area contributed by atoms with Crippen LogP contribution in [0.4, 0.5) is 5.69 Å². The average molecular weight is 536 g/mol. The van der Waals surface area contributed by atoms with Gasteiger partial charge in [0, 0.05) is 48.3 Å². The highest BCUT2D eigenvalue weighted by atomic mass is 35.5. The van der Waals surface area contributed by atoms with Crippen LogP contribution in [0.1, 0.15) is 53.4 Å². The first-order valence-corrected chi connectivity index (χ1v) is 13.4. The molecule has 4 aromatic rings. The monoisotopic (exact) mass is 535 g/mol. The summed E-state index contributed by atoms with van der Waals surface area (Å²) in [6.07, 6.45) is 8.71. The van der Waals surface area contributed by atoms with Crippen LogP contribution in [0.5, 0.6) is 0 Å². The number of piperidine rings is 1. The van der Waals surface area contributed by atoms with Crippen LogP contribution in [0, 0.1) is 5.92 Å². The van der Waals surface area contributed by atoms with Gasteiger partial charge in [0.15, 0.2) is 0 Å². The van der Waals surface area contributed by atoms with E-state index in [1.807, 2.05) is 24.3 Å². The smallest absolute Gasteiger partial charge is 0.352 e. The van der Waals surface area contributed by atoms with Crippen LogP contribution in [0.2, 0.25) is 10.0 Å². The number of rotatable bonds is 6. The Labute approximate surface area is 225 Å². The number of allylic oxidation sites excluding steroid dienone is 1. The Morgan fingerprint density at radius 2 is 1.81 bits per heavy atom. The zero-order valence-corrected chi connectivity index (χ0v) is 22.0. The predicted molar refractivity (Wildman–Crippen MR) is 148 cm³/mol. The van der Waals surface area contributed by atoms with Crippen molar-refractivity contribution in [2.24, 2.45) is 13.0 Å². The number of hydrogen-bond donors (Lipinski definition) is 1. The molecule has 0 spiro atoms. The molecule has 2 aromatic carbocycles. The van der Waals surface area contributed by atoms with Crippen molar-refractivity contribution >= 4 is 51.8 Å². The number of carboxylic acids is 1. The summed E-state index contributed by atoms with van der Waals surface area (Å²) in [5, 5.41) is 15.9. The Hall–Kier alpha value is -3.22. The van der Waals surface area contributed by atoms with Crippen molar-refractivity contribution in [3.05, 3.63) is 75.6 Å². The number of aromatic nitrogens is 2. The summed E-state index contributed by atoms with van der Waals surface area (Å²) in [6, 6.07) is 13.4. The summed E-state index contributed by atoms with van der Waals surface area (Å²) in [5.41, 5.74) is 4.78. The molecule has 6 rings (SSSR count). The summed E-state index contributed by atoms with van der Waals surface area (Å²) in [6.45, 7) is 1.86. The second kappa shape index (κ2) is 9.58. The molecule has 1 aliphatic heterocycles. The van der Waals surface area contributed by atoms with Crippen molar-refractivity contribution in [1.29, 1.82) is 0 Å². The number of hydrogen-bond acceptors (Lipinski definition) is 4. The highest BCUT2D eigenvalue weighted by molar-refractivity contribution is 6.39. The molecule has 1 aliphatic carbocycles. The van der Waals surface area contributed by atoms with Gasteiger partial charge in [-0.1, -0.05) is 52.6 Å². The van der Waals surface area contributed by atoms with E-state index in [9.17, 15) is 9.90 Å². The number of carboxylic acid groups (broad SMARTS) is 1. The number of fused-ring (bicyclic) bond motifs is 1. The molecular weight excluding hydrogens is 509 g/mol. The minimum atomic E-state index is -0.912. The number of halogens is 2. The molecule has 0 atom stereocenters. The van der Waals surface area contributed by atoms with Crippen molar-refractivity contribution in [2.75, 3.05) is 18.0 Å². The number of carbonyl (C=O) groups is 1. The van der Waals surface area contributed by atoms with Gasteiger partial charge >= 0.3 is 5.97 Å². The molecular formula is C29H27Cl2N3O3. The van der Waals surface area contributed by atoms with E-state index in [1.165, 1.54) is 0 Å². The van der Waals surface area contributed by atoms with Crippen LogP contribution in [0.15, 0.2) is 53.1 Å². The largest absolute Gasteiger partial charge is 0.477 e. The van der Waals surface area contributed by atoms with E-state index in [4.69, 9.17) is 27.7 Å². The van der Waals surface area contributed by atoms with Crippen LogP contribution in [-0.4, -0.2) is 33.9 Å². The number of benzene rings is 2. The summed E-state index contributed by atoms with van der Waals surface area (Å²) in [4.78, 5) is 13.9. The van der Waals surface area contributed by atoms with Gasteiger partial charge in [-0.3, -0.25) is 0 Å². The highest BCUT2D eigenvalue weighted by Crippen LogP contribution is 2.46. The number of aryl methyl sites for hydroxylation is 1. The number of nitrogens with zero attached hydrogens (tertiary/aromatic N) is 3. The van der Waals surface area contributed by atoms with Crippen LogP contribution in [-0.2, 0) is 7.05 Å². The predicted octanol–water partition coefficient (Wildman–Crippen LogP) is 7.65.